The van der Waals surface area contributed by atoms with Crippen LogP contribution >= 0.6 is 0 Å². The van der Waals surface area contributed by atoms with Gasteiger partial charge in [-0.05, 0) is 37.0 Å². The molecule has 2 rings (SSSR count). The van der Waals surface area contributed by atoms with Gasteiger partial charge >= 0.3 is 0 Å². The maximum absolute atomic E-state index is 5.58. The second-order valence-corrected chi connectivity index (χ2v) is 5.21. The highest BCUT2D eigenvalue weighted by atomic mass is 16.5. The molecule has 100 valence electrons. The van der Waals surface area contributed by atoms with Gasteiger partial charge in [-0.3, -0.25) is 0 Å². The van der Waals surface area contributed by atoms with Crippen molar-refractivity contribution in [3.05, 3.63) is 29.8 Å². The fourth-order valence-corrected chi connectivity index (χ4v) is 2.49. The van der Waals surface area contributed by atoms with E-state index in [0.29, 0.717) is 0 Å². The molecule has 1 saturated carbocycles. The van der Waals surface area contributed by atoms with Gasteiger partial charge < -0.3 is 10.1 Å². The second-order valence-electron chi connectivity index (χ2n) is 5.21. The third-order valence-corrected chi connectivity index (χ3v) is 3.60. The van der Waals surface area contributed by atoms with Crippen LogP contribution in [-0.2, 0) is 6.54 Å². The molecular formula is C16H25NO. The van der Waals surface area contributed by atoms with Crippen molar-refractivity contribution in [2.45, 2.75) is 58.0 Å². The molecule has 0 unspecified atom stereocenters. The van der Waals surface area contributed by atoms with E-state index in [4.69, 9.17) is 4.74 Å². The third kappa shape index (κ3) is 4.34. The Labute approximate surface area is 111 Å². The minimum Gasteiger partial charge on any atom is -0.494 e. The summed E-state index contributed by atoms with van der Waals surface area (Å²) in [6.07, 6.45) is 7.95. The molecule has 18 heavy (non-hydrogen) atoms. The van der Waals surface area contributed by atoms with Crippen LogP contribution in [0.25, 0.3) is 0 Å². The lowest BCUT2D eigenvalue weighted by atomic mass is 9.95. The van der Waals surface area contributed by atoms with Crippen LogP contribution in [-0.4, -0.2) is 12.6 Å². The first kappa shape index (κ1) is 13.4. The molecule has 0 aromatic heterocycles. The van der Waals surface area contributed by atoms with E-state index in [1.54, 1.807) is 0 Å². The summed E-state index contributed by atoms with van der Waals surface area (Å²) in [7, 11) is 0. The van der Waals surface area contributed by atoms with Crippen molar-refractivity contribution in [2.24, 2.45) is 0 Å². The highest BCUT2D eigenvalue weighted by molar-refractivity contribution is 5.27. The van der Waals surface area contributed by atoms with E-state index in [2.05, 4.69) is 36.5 Å². The zero-order valence-corrected chi connectivity index (χ0v) is 11.5. The Balaban J connectivity index is 1.75. The zero-order valence-electron chi connectivity index (χ0n) is 11.5. The molecule has 0 bridgehead atoms. The van der Waals surface area contributed by atoms with E-state index in [1.807, 2.05) is 0 Å². The van der Waals surface area contributed by atoms with Crippen LogP contribution in [0.1, 0.15) is 51.0 Å². The fourth-order valence-electron chi connectivity index (χ4n) is 2.49. The first-order valence-corrected chi connectivity index (χ1v) is 7.33. The number of benzene rings is 1. The maximum Gasteiger partial charge on any atom is 0.119 e. The summed E-state index contributed by atoms with van der Waals surface area (Å²) < 4.78 is 5.58. The van der Waals surface area contributed by atoms with Crippen LogP contribution < -0.4 is 10.1 Å². The minimum absolute atomic E-state index is 0.731. The molecule has 0 heterocycles. The lowest BCUT2D eigenvalue weighted by Crippen LogP contribution is -2.30. The van der Waals surface area contributed by atoms with E-state index in [0.717, 1.165) is 31.4 Å². The Morgan fingerprint density at radius 3 is 2.50 bits per heavy atom. The molecule has 0 amide bonds. The molecular weight excluding hydrogens is 222 g/mol. The Bertz CT molecular complexity index is 327. The minimum atomic E-state index is 0.731. The highest BCUT2D eigenvalue weighted by Gasteiger charge is 2.12. The van der Waals surface area contributed by atoms with Crippen molar-refractivity contribution in [2.75, 3.05) is 6.61 Å². The predicted octanol–water partition coefficient (Wildman–Crippen LogP) is 3.90. The van der Waals surface area contributed by atoms with E-state index in [1.165, 1.54) is 37.7 Å². The molecule has 1 aliphatic rings. The third-order valence-electron chi connectivity index (χ3n) is 3.60. The molecule has 1 aromatic rings. The topological polar surface area (TPSA) is 21.3 Å². The number of hydrogen-bond acceptors (Lipinski definition) is 2. The van der Waals surface area contributed by atoms with Gasteiger partial charge in [-0.15, -0.1) is 0 Å². The zero-order chi connectivity index (χ0) is 12.6. The second kappa shape index (κ2) is 7.42. The largest absolute Gasteiger partial charge is 0.494 e. The smallest absolute Gasteiger partial charge is 0.119 e. The summed E-state index contributed by atoms with van der Waals surface area (Å²) in [5.74, 6) is 0.985. The van der Waals surface area contributed by atoms with Crippen molar-refractivity contribution in [3.63, 3.8) is 0 Å². The van der Waals surface area contributed by atoms with Crippen LogP contribution in [0, 0.1) is 0 Å². The average molecular weight is 247 g/mol. The first-order valence-electron chi connectivity index (χ1n) is 7.33. The molecule has 0 aliphatic heterocycles. The average Bonchev–Trinajstić information content (AvgIpc) is 2.45. The van der Waals surface area contributed by atoms with E-state index in [-0.39, 0.29) is 0 Å². The summed E-state index contributed by atoms with van der Waals surface area (Å²) >= 11 is 0. The molecule has 1 aliphatic carbocycles. The lowest BCUT2D eigenvalue weighted by molar-refractivity contribution is 0.317. The highest BCUT2D eigenvalue weighted by Crippen LogP contribution is 2.18. The van der Waals surface area contributed by atoms with Crippen molar-refractivity contribution >= 4 is 0 Å². The van der Waals surface area contributed by atoms with Gasteiger partial charge in [-0.1, -0.05) is 38.3 Å². The standard InChI is InChI=1S/C16H25NO/c1-2-12-18-16-10-8-14(9-11-16)13-17-15-6-4-3-5-7-15/h8-11,15,17H,2-7,12-13H2,1H3. The van der Waals surface area contributed by atoms with Crippen LogP contribution in [0.4, 0.5) is 0 Å². The van der Waals surface area contributed by atoms with Gasteiger partial charge in [0, 0.05) is 12.6 Å². The van der Waals surface area contributed by atoms with Crippen LogP contribution in [0.5, 0.6) is 5.75 Å². The SMILES string of the molecule is CCCOc1ccc(CNC2CCCCC2)cc1. The van der Waals surface area contributed by atoms with Crippen LogP contribution in [0.15, 0.2) is 24.3 Å². The molecule has 1 fully saturated rings. The molecule has 0 spiro atoms. The fraction of sp³-hybridized carbons (Fsp3) is 0.625. The predicted molar refractivity (Wildman–Crippen MR) is 75.9 cm³/mol. The summed E-state index contributed by atoms with van der Waals surface area (Å²) in [5.41, 5.74) is 1.35. The Kier molecular flexibility index (Phi) is 5.53. The van der Waals surface area contributed by atoms with Crippen molar-refractivity contribution in [1.29, 1.82) is 0 Å². The number of hydrogen-bond donors (Lipinski definition) is 1. The van der Waals surface area contributed by atoms with E-state index < -0.39 is 0 Å². The Morgan fingerprint density at radius 1 is 1.11 bits per heavy atom. The van der Waals surface area contributed by atoms with Gasteiger partial charge in [0.2, 0.25) is 0 Å². The van der Waals surface area contributed by atoms with E-state index >= 15 is 0 Å². The maximum atomic E-state index is 5.58. The summed E-state index contributed by atoms with van der Waals surface area (Å²) in [4.78, 5) is 0. The summed E-state index contributed by atoms with van der Waals surface area (Å²) in [6.45, 7) is 3.92. The van der Waals surface area contributed by atoms with Crippen molar-refractivity contribution in [1.82, 2.24) is 5.32 Å². The first-order chi connectivity index (χ1) is 8.88. The molecule has 0 saturated heterocycles. The molecule has 0 atom stereocenters. The van der Waals surface area contributed by atoms with Crippen LogP contribution in [0.2, 0.25) is 0 Å². The molecule has 2 nitrogen and oxygen atoms in total. The van der Waals surface area contributed by atoms with Gasteiger partial charge in [-0.2, -0.15) is 0 Å². The Hall–Kier alpha value is -1.02. The summed E-state index contributed by atoms with van der Waals surface area (Å²) in [6, 6.07) is 9.22. The normalized spacial score (nSPS) is 16.7. The van der Waals surface area contributed by atoms with Crippen molar-refractivity contribution < 1.29 is 4.74 Å². The van der Waals surface area contributed by atoms with Gasteiger partial charge in [0.1, 0.15) is 5.75 Å². The Morgan fingerprint density at radius 2 is 1.83 bits per heavy atom. The van der Waals surface area contributed by atoms with Gasteiger partial charge in [0.15, 0.2) is 0 Å². The monoisotopic (exact) mass is 247 g/mol. The summed E-state index contributed by atoms with van der Waals surface area (Å²) in [5, 5.41) is 3.66. The molecule has 1 aromatic carbocycles. The van der Waals surface area contributed by atoms with Crippen LogP contribution in [0.3, 0.4) is 0 Å². The van der Waals surface area contributed by atoms with Gasteiger partial charge in [-0.25, -0.2) is 0 Å². The molecule has 2 heteroatoms. The number of ether oxygens (including phenoxy) is 1. The van der Waals surface area contributed by atoms with Crippen molar-refractivity contribution in [3.8, 4) is 5.75 Å². The van der Waals surface area contributed by atoms with Gasteiger partial charge in [0.25, 0.3) is 0 Å². The molecule has 0 radical (unpaired) electrons. The lowest BCUT2D eigenvalue weighted by Gasteiger charge is -2.22. The van der Waals surface area contributed by atoms with Gasteiger partial charge in [0.05, 0.1) is 6.61 Å². The van der Waals surface area contributed by atoms with E-state index in [9.17, 15) is 0 Å². The number of rotatable bonds is 6. The number of nitrogens with one attached hydrogen (secondary N) is 1. The quantitative estimate of drug-likeness (QED) is 0.823. The molecule has 1 N–H and O–H groups in total.